The highest BCUT2D eigenvalue weighted by atomic mass is 19.2. The standard InChI is InChI=1S/C2H6FNO/c1-2-5-4-3/h4H,2H2,1H3. The van der Waals surface area contributed by atoms with Crippen LogP contribution in [-0.2, 0) is 4.84 Å². The van der Waals surface area contributed by atoms with Crippen LogP contribution in [-0.4, -0.2) is 6.61 Å². The molecule has 0 aromatic carbocycles. The Hall–Kier alpha value is -0.150. The van der Waals surface area contributed by atoms with Gasteiger partial charge in [-0.3, -0.25) is 4.84 Å². The van der Waals surface area contributed by atoms with Gasteiger partial charge in [-0.25, -0.2) is 0 Å². The molecule has 0 fully saturated rings. The van der Waals surface area contributed by atoms with Crippen LogP contribution in [0.4, 0.5) is 4.48 Å². The van der Waals surface area contributed by atoms with E-state index in [1.807, 2.05) is 0 Å². The molecule has 0 rings (SSSR count). The molecule has 0 spiro atoms. The third-order valence-electron chi connectivity index (χ3n) is 0.199. The van der Waals surface area contributed by atoms with Gasteiger partial charge in [0.2, 0.25) is 0 Å². The summed E-state index contributed by atoms with van der Waals surface area (Å²) in [5, 5.41) is 0. The normalized spacial score (nSPS) is 8.40. The highest BCUT2D eigenvalue weighted by molar-refractivity contribution is 3.93. The lowest BCUT2D eigenvalue weighted by Crippen LogP contribution is -1.99. The molecule has 0 saturated heterocycles. The SMILES string of the molecule is CCONF. The Bertz CT molecular complexity index is 17.1. The third kappa shape index (κ3) is 3.85. The van der Waals surface area contributed by atoms with Crippen molar-refractivity contribution in [2.24, 2.45) is 0 Å². The molecule has 0 bridgehead atoms. The second-order valence-electron chi connectivity index (χ2n) is 0.510. The fourth-order valence-electron chi connectivity index (χ4n) is 0.0546. The van der Waals surface area contributed by atoms with E-state index in [0.29, 0.717) is 6.61 Å². The first-order valence-electron chi connectivity index (χ1n) is 1.39. The zero-order valence-electron chi connectivity index (χ0n) is 2.99. The maximum absolute atomic E-state index is 10.5. The van der Waals surface area contributed by atoms with Gasteiger partial charge in [0, 0.05) is 0 Å². The first-order valence-corrected chi connectivity index (χ1v) is 1.39. The van der Waals surface area contributed by atoms with Crippen LogP contribution >= 0.6 is 0 Å². The van der Waals surface area contributed by atoms with Crippen molar-refractivity contribution in [2.75, 3.05) is 6.61 Å². The highest BCUT2D eigenvalue weighted by Crippen LogP contribution is 1.57. The molecule has 1 N–H and O–H groups in total. The zero-order valence-corrected chi connectivity index (χ0v) is 2.99. The second kappa shape index (κ2) is 3.85. The minimum absolute atomic E-state index is 0.358. The van der Waals surface area contributed by atoms with Gasteiger partial charge >= 0.3 is 0 Å². The summed E-state index contributed by atoms with van der Waals surface area (Å²) < 4.78 is 10.5. The summed E-state index contributed by atoms with van der Waals surface area (Å²) in [7, 11) is 0. The smallest absolute Gasteiger partial charge is 0.0683 e. The van der Waals surface area contributed by atoms with E-state index < -0.39 is 0 Å². The molecule has 0 atom stereocenters. The molecule has 0 aliphatic rings. The molecule has 0 heterocycles. The van der Waals surface area contributed by atoms with Gasteiger partial charge in [0.1, 0.15) is 0 Å². The maximum atomic E-state index is 10.5. The van der Waals surface area contributed by atoms with Crippen LogP contribution in [0.3, 0.4) is 0 Å². The van der Waals surface area contributed by atoms with Gasteiger partial charge in [0.15, 0.2) is 0 Å². The monoisotopic (exact) mass is 79.0 g/mol. The summed E-state index contributed by atoms with van der Waals surface area (Å²) in [5.74, 6) is 0. The number of nitrogens with one attached hydrogen (secondary N) is 1. The van der Waals surface area contributed by atoms with Crippen molar-refractivity contribution in [1.29, 1.82) is 0 Å². The fourth-order valence-corrected chi connectivity index (χ4v) is 0.0546. The Morgan fingerprint density at radius 3 is 2.60 bits per heavy atom. The topological polar surface area (TPSA) is 21.3 Å². The number of hydrogen-bond donors (Lipinski definition) is 1. The molecule has 2 nitrogen and oxygen atoms in total. The van der Waals surface area contributed by atoms with Gasteiger partial charge in [0.05, 0.1) is 6.61 Å². The molecule has 32 valence electrons. The summed E-state index contributed by atoms with van der Waals surface area (Å²) in [6.07, 6.45) is 0. The maximum Gasteiger partial charge on any atom is 0.0683 e. The molecule has 5 heavy (non-hydrogen) atoms. The molecule has 0 unspecified atom stereocenters. The van der Waals surface area contributed by atoms with Gasteiger partial charge in [-0.1, -0.05) is 0 Å². The van der Waals surface area contributed by atoms with E-state index in [9.17, 15) is 4.48 Å². The Kier molecular flexibility index (Phi) is 3.73. The minimum atomic E-state index is 0.358. The van der Waals surface area contributed by atoms with Gasteiger partial charge in [0.25, 0.3) is 0 Å². The third-order valence-corrected chi connectivity index (χ3v) is 0.199. The molecule has 0 amide bonds. The van der Waals surface area contributed by atoms with E-state index in [2.05, 4.69) is 4.84 Å². The Labute approximate surface area is 29.8 Å². The van der Waals surface area contributed by atoms with Crippen molar-refractivity contribution < 1.29 is 9.32 Å². The highest BCUT2D eigenvalue weighted by Gasteiger charge is 1.65. The Morgan fingerprint density at radius 1 is 2.00 bits per heavy atom. The van der Waals surface area contributed by atoms with Crippen molar-refractivity contribution in [3.8, 4) is 0 Å². The van der Waals surface area contributed by atoms with E-state index in [-0.39, 0.29) is 0 Å². The summed E-state index contributed by atoms with van der Waals surface area (Å²) >= 11 is 0. The van der Waals surface area contributed by atoms with Crippen LogP contribution in [0.5, 0.6) is 0 Å². The van der Waals surface area contributed by atoms with E-state index in [1.54, 1.807) is 6.92 Å². The van der Waals surface area contributed by atoms with Crippen molar-refractivity contribution in [3.63, 3.8) is 0 Å². The summed E-state index contributed by atoms with van der Waals surface area (Å²) in [6, 6.07) is 0. The van der Waals surface area contributed by atoms with Gasteiger partial charge in [-0.2, -0.15) is 0 Å². The lowest BCUT2D eigenvalue weighted by molar-refractivity contribution is -0.0564. The largest absolute Gasteiger partial charge is 0.273 e. The van der Waals surface area contributed by atoms with E-state index in [0.717, 1.165) is 5.70 Å². The lowest BCUT2D eigenvalue weighted by Gasteiger charge is -1.83. The van der Waals surface area contributed by atoms with E-state index in [1.165, 1.54) is 0 Å². The predicted molar refractivity (Wildman–Crippen MR) is 15.9 cm³/mol. The van der Waals surface area contributed by atoms with Gasteiger partial charge in [-0.15, -0.1) is 4.48 Å². The first kappa shape index (κ1) is 4.85. The summed E-state index contributed by atoms with van der Waals surface area (Å²) in [4.78, 5) is 3.92. The predicted octanol–water partition coefficient (Wildman–Crippen LogP) is 0.412. The molecule has 0 aliphatic carbocycles. The first-order chi connectivity index (χ1) is 2.41. The molecular weight excluding hydrogens is 73.0 g/mol. The molecule has 0 aliphatic heterocycles. The van der Waals surface area contributed by atoms with Crippen molar-refractivity contribution in [3.05, 3.63) is 0 Å². The van der Waals surface area contributed by atoms with E-state index >= 15 is 0 Å². The number of halogens is 1. The molecular formula is C2H6FNO. The van der Waals surface area contributed by atoms with Crippen LogP contribution < -0.4 is 5.70 Å². The lowest BCUT2D eigenvalue weighted by atomic mass is 10.9. The summed E-state index contributed by atoms with van der Waals surface area (Å²) in [5.41, 5.74) is 1.02. The minimum Gasteiger partial charge on any atom is -0.273 e. The van der Waals surface area contributed by atoms with Crippen molar-refractivity contribution >= 4 is 0 Å². The average molecular weight is 79.1 g/mol. The number of hydrogen-bond acceptors (Lipinski definition) is 2. The fraction of sp³-hybridized carbons (Fsp3) is 1.00. The molecule has 0 saturated carbocycles. The van der Waals surface area contributed by atoms with Gasteiger partial charge in [-0.05, 0) is 12.6 Å². The van der Waals surface area contributed by atoms with Crippen LogP contribution in [0.15, 0.2) is 0 Å². The van der Waals surface area contributed by atoms with Crippen LogP contribution in [0.25, 0.3) is 0 Å². The van der Waals surface area contributed by atoms with Gasteiger partial charge < -0.3 is 0 Å². The van der Waals surface area contributed by atoms with Crippen LogP contribution in [0, 0.1) is 0 Å². The average Bonchev–Trinajstić information content (AvgIpc) is 1.41. The summed E-state index contributed by atoms with van der Waals surface area (Å²) in [6.45, 7) is 2.04. The molecule has 3 heteroatoms. The molecule has 0 aromatic heterocycles. The quantitative estimate of drug-likeness (QED) is 0.382. The number of rotatable bonds is 2. The zero-order chi connectivity index (χ0) is 4.12. The Balaban J connectivity index is 2.19. The Morgan fingerprint density at radius 2 is 2.60 bits per heavy atom. The van der Waals surface area contributed by atoms with Crippen molar-refractivity contribution in [2.45, 2.75) is 6.92 Å². The van der Waals surface area contributed by atoms with E-state index in [4.69, 9.17) is 0 Å². The second-order valence-corrected chi connectivity index (χ2v) is 0.510. The molecule has 0 radical (unpaired) electrons. The van der Waals surface area contributed by atoms with Crippen LogP contribution in [0.1, 0.15) is 6.92 Å². The van der Waals surface area contributed by atoms with Crippen molar-refractivity contribution in [1.82, 2.24) is 5.70 Å². The van der Waals surface area contributed by atoms with Crippen LogP contribution in [0.2, 0.25) is 0 Å². The molecule has 0 aromatic rings.